The van der Waals surface area contributed by atoms with Crippen molar-refractivity contribution in [1.29, 1.82) is 0 Å². The summed E-state index contributed by atoms with van der Waals surface area (Å²) < 4.78 is 19.8. The number of aromatic nitrogens is 3. The van der Waals surface area contributed by atoms with Gasteiger partial charge in [0.1, 0.15) is 5.82 Å². The normalized spacial score (nSPS) is 14.9. The van der Waals surface area contributed by atoms with E-state index in [2.05, 4.69) is 25.2 Å². The molecule has 1 saturated heterocycles. The Morgan fingerprint density at radius 2 is 1.79 bits per heavy atom. The molecule has 0 radical (unpaired) electrons. The minimum atomic E-state index is -0.288. The summed E-state index contributed by atoms with van der Waals surface area (Å²) in [6, 6.07) is 12.4. The van der Waals surface area contributed by atoms with Crippen molar-refractivity contribution in [2.45, 2.75) is 19.9 Å². The van der Waals surface area contributed by atoms with Crippen molar-refractivity contribution < 1.29 is 9.13 Å². The number of fused-ring (bicyclic) bond motifs is 1. The Labute approximate surface area is 202 Å². The molecule has 6 nitrogen and oxygen atoms in total. The lowest BCUT2D eigenvalue weighted by atomic mass is 10.0. The van der Waals surface area contributed by atoms with Gasteiger partial charge in [-0.25, -0.2) is 14.4 Å². The maximum absolute atomic E-state index is 14.4. The lowest BCUT2D eigenvalue weighted by Gasteiger charge is -2.26. The van der Waals surface area contributed by atoms with E-state index in [1.807, 2.05) is 50.5 Å². The number of morpholine rings is 1. The number of halogens is 2. The fourth-order valence-corrected chi connectivity index (χ4v) is 4.40. The van der Waals surface area contributed by atoms with Crippen LogP contribution in [0.3, 0.4) is 0 Å². The number of nitrogens with zero attached hydrogens (tertiary/aromatic N) is 4. The molecule has 4 aromatic rings. The van der Waals surface area contributed by atoms with Gasteiger partial charge >= 0.3 is 0 Å². The smallest absolute Gasteiger partial charge is 0.225 e. The maximum atomic E-state index is 14.4. The first-order valence-electron chi connectivity index (χ1n) is 11.3. The number of aryl methyl sites for hydroxylation is 1. The zero-order valence-electron chi connectivity index (χ0n) is 19.1. The summed E-state index contributed by atoms with van der Waals surface area (Å²) in [7, 11) is 0. The molecule has 1 unspecified atom stereocenters. The number of benzene rings is 2. The molecule has 0 saturated carbocycles. The minimum Gasteiger partial charge on any atom is -0.378 e. The van der Waals surface area contributed by atoms with Gasteiger partial charge in [0.15, 0.2) is 0 Å². The monoisotopic (exact) mass is 477 g/mol. The molecular weight excluding hydrogens is 453 g/mol. The van der Waals surface area contributed by atoms with Crippen LogP contribution >= 0.6 is 11.6 Å². The Hall–Kier alpha value is -3.29. The zero-order chi connectivity index (χ0) is 23.7. The van der Waals surface area contributed by atoms with Crippen molar-refractivity contribution in [2.24, 2.45) is 0 Å². The summed E-state index contributed by atoms with van der Waals surface area (Å²) in [5.74, 6) is 0.446. The van der Waals surface area contributed by atoms with Crippen molar-refractivity contribution in [2.75, 3.05) is 36.5 Å². The third-order valence-electron chi connectivity index (χ3n) is 6.09. The molecule has 1 aliphatic heterocycles. The van der Waals surface area contributed by atoms with Crippen LogP contribution in [0.1, 0.15) is 24.2 Å². The summed E-state index contributed by atoms with van der Waals surface area (Å²) in [6.45, 7) is 6.72. The molecular formula is C26H25ClFN5O. The van der Waals surface area contributed by atoms with E-state index in [1.165, 1.54) is 6.07 Å². The maximum Gasteiger partial charge on any atom is 0.225 e. The standard InChI is InChI=1S/C26H25ClFN5O/c1-16(20-5-3-4-6-22(20)28)32-25-21-13-18(7-8-23(21)31-17(2)24(25)27)19-14-29-26(30-15-19)33-9-11-34-12-10-33/h3-8,13-16H,9-12H2,1-2H3,(H,31,32). The van der Waals surface area contributed by atoms with Gasteiger partial charge < -0.3 is 15.0 Å². The third kappa shape index (κ3) is 4.41. The first-order valence-corrected chi connectivity index (χ1v) is 11.6. The Kier molecular flexibility index (Phi) is 6.30. The van der Waals surface area contributed by atoms with Gasteiger partial charge in [0.05, 0.1) is 41.2 Å². The number of hydrogen-bond donors (Lipinski definition) is 1. The van der Waals surface area contributed by atoms with Gasteiger partial charge in [0.25, 0.3) is 0 Å². The lowest BCUT2D eigenvalue weighted by Crippen LogP contribution is -2.37. The van der Waals surface area contributed by atoms with Crippen LogP contribution in [-0.2, 0) is 4.74 Å². The Morgan fingerprint density at radius 3 is 2.53 bits per heavy atom. The van der Waals surface area contributed by atoms with E-state index >= 15 is 0 Å². The molecule has 34 heavy (non-hydrogen) atoms. The van der Waals surface area contributed by atoms with Gasteiger partial charge in [0.2, 0.25) is 5.95 Å². The van der Waals surface area contributed by atoms with E-state index in [4.69, 9.17) is 16.3 Å². The van der Waals surface area contributed by atoms with Gasteiger partial charge in [-0.05, 0) is 37.6 Å². The van der Waals surface area contributed by atoms with Crippen LogP contribution in [0.4, 0.5) is 16.0 Å². The van der Waals surface area contributed by atoms with Crippen molar-refractivity contribution in [3.63, 3.8) is 0 Å². The van der Waals surface area contributed by atoms with Crippen LogP contribution in [0.15, 0.2) is 54.9 Å². The highest BCUT2D eigenvalue weighted by atomic mass is 35.5. The van der Waals surface area contributed by atoms with Gasteiger partial charge in [0, 0.05) is 42.0 Å². The minimum absolute atomic E-state index is 0.257. The molecule has 3 heterocycles. The molecule has 1 N–H and O–H groups in total. The molecule has 8 heteroatoms. The second-order valence-electron chi connectivity index (χ2n) is 8.38. The van der Waals surface area contributed by atoms with Crippen LogP contribution in [-0.4, -0.2) is 41.3 Å². The first kappa shape index (κ1) is 22.5. The quantitative estimate of drug-likeness (QED) is 0.392. The van der Waals surface area contributed by atoms with E-state index in [0.29, 0.717) is 35.4 Å². The number of nitrogens with one attached hydrogen (secondary N) is 1. The van der Waals surface area contributed by atoms with Crippen LogP contribution in [0.2, 0.25) is 5.02 Å². The Bertz CT molecular complexity index is 1330. The molecule has 0 aliphatic carbocycles. The summed E-state index contributed by atoms with van der Waals surface area (Å²) in [5, 5.41) is 4.80. The molecule has 0 spiro atoms. The van der Waals surface area contributed by atoms with Crippen LogP contribution in [0, 0.1) is 12.7 Å². The summed E-state index contributed by atoms with van der Waals surface area (Å²) in [5.41, 5.74) is 4.66. The Balaban J connectivity index is 1.51. The van der Waals surface area contributed by atoms with Gasteiger partial charge in [-0.3, -0.25) is 4.98 Å². The average Bonchev–Trinajstić information content (AvgIpc) is 2.87. The molecule has 2 aromatic carbocycles. The van der Waals surface area contributed by atoms with Crippen molar-refractivity contribution in [1.82, 2.24) is 15.0 Å². The molecule has 0 bridgehead atoms. The lowest BCUT2D eigenvalue weighted by molar-refractivity contribution is 0.122. The fourth-order valence-electron chi connectivity index (χ4n) is 4.20. The second-order valence-corrected chi connectivity index (χ2v) is 8.75. The fraction of sp³-hybridized carbons (Fsp3) is 0.269. The van der Waals surface area contributed by atoms with Crippen molar-refractivity contribution in [3.8, 4) is 11.1 Å². The van der Waals surface area contributed by atoms with Gasteiger partial charge in [-0.2, -0.15) is 0 Å². The topological polar surface area (TPSA) is 63.2 Å². The number of anilines is 2. The van der Waals surface area contributed by atoms with E-state index in [-0.39, 0.29) is 11.9 Å². The first-order chi connectivity index (χ1) is 16.5. The predicted octanol–water partition coefficient (Wildman–Crippen LogP) is 5.80. The number of pyridine rings is 1. The number of rotatable bonds is 5. The van der Waals surface area contributed by atoms with E-state index in [9.17, 15) is 4.39 Å². The number of ether oxygens (including phenoxy) is 1. The van der Waals surface area contributed by atoms with Crippen LogP contribution in [0.5, 0.6) is 0 Å². The number of hydrogen-bond acceptors (Lipinski definition) is 6. The van der Waals surface area contributed by atoms with Crippen molar-refractivity contribution in [3.05, 3.63) is 77.0 Å². The molecule has 1 atom stereocenters. The molecule has 174 valence electrons. The van der Waals surface area contributed by atoms with Crippen molar-refractivity contribution >= 4 is 34.1 Å². The highest BCUT2D eigenvalue weighted by Crippen LogP contribution is 2.37. The summed E-state index contributed by atoms with van der Waals surface area (Å²) in [4.78, 5) is 15.9. The average molecular weight is 478 g/mol. The van der Waals surface area contributed by atoms with Gasteiger partial charge in [-0.15, -0.1) is 0 Å². The van der Waals surface area contributed by atoms with Crippen LogP contribution in [0.25, 0.3) is 22.0 Å². The third-order valence-corrected chi connectivity index (χ3v) is 6.55. The molecule has 5 rings (SSSR count). The molecule has 1 aliphatic rings. The predicted molar refractivity (Wildman–Crippen MR) is 134 cm³/mol. The highest BCUT2D eigenvalue weighted by Gasteiger charge is 2.18. The van der Waals surface area contributed by atoms with Gasteiger partial charge in [-0.1, -0.05) is 35.9 Å². The van der Waals surface area contributed by atoms with Crippen LogP contribution < -0.4 is 10.2 Å². The van der Waals surface area contributed by atoms with E-state index in [0.717, 1.165) is 40.8 Å². The highest BCUT2D eigenvalue weighted by molar-refractivity contribution is 6.35. The molecule has 2 aromatic heterocycles. The summed E-state index contributed by atoms with van der Waals surface area (Å²) >= 11 is 6.69. The molecule has 0 amide bonds. The Morgan fingerprint density at radius 1 is 1.06 bits per heavy atom. The zero-order valence-corrected chi connectivity index (χ0v) is 19.8. The second kappa shape index (κ2) is 9.52. The SMILES string of the molecule is Cc1nc2ccc(-c3cnc(N4CCOCC4)nc3)cc2c(NC(C)c2ccccc2F)c1Cl. The largest absolute Gasteiger partial charge is 0.378 e. The van der Waals surface area contributed by atoms with E-state index in [1.54, 1.807) is 12.1 Å². The summed E-state index contributed by atoms with van der Waals surface area (Å²) in [6.07, 6.45) is 3.66. The molecule has 1 fully saturated rings. The van der Waals surface area contributed by atoms with E-state index < -0.39 is 0 Å².